The summed E-state index contributed by atoms with van der Waals surface area (Å²) in [4.78, 5) is 15.9. The summed E-state index contributed by atoms with van der Waals surface area (Å²) in [5, 5.41) is 8.72. The molecule has 0 amide bonds. The Labute approximate surface area is 104 Å². The van der Waals surface area contributed by atoms with Gasteiger partial charge in [-0.2, -0.15) is 0 Å². The quantitative estimate of drug-likeness (QED) is 0.602. The molecule has 0 aromatic carbocycles. The number of hydrogen-bond acceptors (Lipinski definition) is 4. The summed E-state index contributed by atoms with van der Waals surface area (Å²) in [6, 6.07) is 0. The first-order valence-corrected chi connectivity index (χ1v) is 7.24. The molecule has 1 aromatic rings. The van der Waals surface area contributed by atoms with Crippen LogP contribution in [0.25, 0.3) is 0 Å². The average molecular weight is 259 g/mol. The van der Waals surface area contributed by atoms with Crippen LogP contribution in [-0.2, 0) is 11.2 Å². The molecular weight excluding hydrogens is 242 g/mol. The van der Waals surface area contributed by atoms with Gasteiger partial charge in [-0.1, -0.05) is 31.5 Å². The molecule has 1 N–H and O–H groups in total. The van der Waals surface area contributed by atoms with Gasteiger partial charge in [0, 0.05) is 10.6 Å². The molecule has 0 spiro atoms. The standard InChI is InChI=1S/C11H17NO2S2/c1-3-4-5-6-15-11-12-8(2)9(16-11)7-10(13)14/h3-7H2,1-2H3,(H,13,14). The normalized spacial score (nSPS) is 10.6. The number of carbonyl (C=O) groups is 1. The smallest absolute Gasteiger partial charge is 0.308 e. The van der Waals surface area contributed by atoms with Crippen molar-refractivity contribution in [3.05, 3.63) is 10.6 Å². The van der Waals surface area contributed by atoms with Crippen LogP contribution < -0.4 is 0 Å². The molecule has 0 bridgehead atoms. The van der Waals surface area contributed by atoms with E-state index in [-0.39, 0.29) is 6.42 Å². The van der Waals surface area contributed by atoms with E-state index < -0.39 is 5.97 Å². The van der Waals surface area contributed by atoms with E-state index in [4.69, 9.17) is 5.11 Å². The van der Waals surface area contributed by atoms with Crippen LogP contribution in [0, 0.1) is 6.92 Å². The topological polar surface area (TPSA) is 50.2 Å². The summed E-state index contributed by atoms with van der Waals surface area (Å²) < 4.78 is 1.00. The van der Waals surface area contributed by atoms with E-state index in [0.717, 1.165) is 20.7 Å². The molecule has 90 valence electrons. The molecule has 0 aliphatic carbocycles. The first-order chi connectivity index (χ1) is 7.63. The molecule has 0 saturated heterocycles. The van der Waals surface area contributed by atoms with Crippen molar-refractivity contribution in [1.29, 1.82) is 0 Å². The van der Waals surface area contributed by atoms with Crippen molar-refractivity contribution in [3.63, 3.8) is 0 Å². The van der Waals surface area contributed by atoms with Crippen molar-refractivity contribution in [2.45, 2.75) is 43.9 Å². The average Bonchev–Trinajstić information content (AvgIpc) is 2.54. The fourth-order valence-electron chi connectivity index (χ4n) is 1.28. The summed E-state index contributed by atoms with van der Waals surface area (Å²) in [6.45, 7) is 4.06. The van der Waals surface area contributed by atoms with Gasteiger partial charge in [-0.05, 0) is 13.3 Å². The SMILES string of the molecule is CCCCCSc1nc(C)c(CC(=O)O)s1. The summed E-state index contributed by atoms with van der Waals surface area (Å²) in [7, 11) is 0. The van der Waals surface area contributed by atoms with E-state index in [9.17, 15) is 4.79 Å². The molecule has 1 aromatic heterocycles. The molecule has 0 atom stereocenters. The van der Waals surface area contributed by atoms with Crippen molar-refractivity contribution in [3.8, 4) is 0 Å². The molecule has 0 unspecified atom stereocenters. The Balaban J connectivity index is 2.45. The van der Waals surface area contributed by atoms with Gasteiger partial charge in [0.05, 0.1) is 12.1 Å². The lowest BCUT2D eigenvalue weighted by Gasteiger charge is -1.95. The molecule has 5 heteroatoms. The van der Waals surface area contributed by atoms with Crippen LogP contribution in [0.15, 0.2) is 4.34 Å². The molecule has 1 rings (SSSR count). The number of thiazole rings is 1. The molecule has 0 aliphatic heterocycles. The maximum Gasteiger partial charge on any atom is 0.308 e. The van der Waals surface area contributed by atoms with Gasteiger partial charge in [0.2, 0.25) is 0 Å². The zero-order valence-electron chi connectivity index (χ0n) is 9.65. The second kappa shape index (κ2) is 6.91. The van der Waals surface area contributed by atoms with Gasteiger partial charge in [0.25, 0.3) is 0 Å². The second-order valence-corrected chi connectivity index (χ2v) is 6.04. The van der Waals surface area contributed by atoms with Crippen molar-refractivity contribution in [1.82, 2.24) is 4.98 Å². The highest BCUT2D eigenvalue weighted by molar-refractivity contribution is 8.01. The van der Waals surface area contributed by atoms with Crippen molar-refractivity contribution in [2.24, 2.45) is 0 Å². The molecule has 0 radical (unpaired) electrons. The third-order valence-electron chi connectivity index (χ3n) is 2.16. The fourth-order valence-corrected chi connectivity index (χ4v) is 3.57. The largest absolute Gasteiger partial charge is 0.481 e. The minimum Gasteiger partial charge on any atom is -0.481 e. The van der Waals surface area contributed by atoms with Crippen molar-refractivity contribution in [2.75, 3.05) is 5.75 Å². The van der Waals surface area contributed by atoms with Gasteiger partial charge in [-0.15, -0.1) is 11.3 Å². The number of rotatable bonds is 7. The van der Waals surface area contributed by atoms with E-state index in [0.29, 0.717) is 0 Å². The first-order valence-electron chi connectivity index (χ1n) is 5.44. The zero-order chi connectivity index (χ0) is 12.0. The van der Waals surface area contributed by atoms with Gasteiger partial charge < -0.3 is 5.11 Å². The third-order valence-corrected chi connectivity index (χ3v) is 4.54. The Morgan fingerprint density at radius 3 is 2.88 bits per heavy atom. The van der Waals surface area contributed by atoms with E-state index in [2.05, 4.69) is 11.9 Å². The Morgan fingerprint density at radius 2 is 2.25 bits per heavy atom. The number of carboxylic acid groups (broad SMARTS) is 1. The van der Waals surface area contributed by atoms with Crippen LogP contribution in [0.2, 0.25) is 0 Å². The van der Waals surface area contributed by atoms with Crippen molar-refractivity contribution < 1.29 is 9.90 Å². The lowest BCUT2D eigenvalue weighted by atomic mass is 10.3. The first kappa shape index (κ1) is 13.5. The summed E-state index contributed by atoms with van der Waals surface area (Å²) >= 11 is 3.25. The zero-order valence-corrected chi connectivity index (χ0v) is 11.3. The van der Waals surface area contributed by atoms with E-state index in [1.807, 2.05) is 6.92 Å². The number of unbranched alkanes of at least 4 members (excludes halogenated alkanes) is 2. The Bertz CT molecular complexity index is 350. The maximum absolute atomic E-state index is 10.6. The lowest BCUT2D eigenvalue weighted by molar-refractivity contribution is -0.136. The summed E-state index contributed by atoms with van der Waals surface area (Å²) in [5.74, 6) is 0.294. The van der Waals surface area contributed by atoms with Crippen LogP contribution >= 0.6 is 23.1 Å². The van der Waals surface area contributed by atoms with Crippen LogP contribution in [0.1, 0.15) is 36.8 Å². The Morgan fingerprint density at radius 1 is 1.50 bits per heavy atom. The van der Waals surface area contributed by atoms with Crippen LogP contribution in [0.3, 0.4) is 0 Å². The molecular formula is C11H17NO2S2. The fraction of sp³-hybridized carbons (Fsp3) is 0.636. The minimum atomic E-state index is -0.783. The van der Waals surface area contributed by atoms with E-state index in [1.54, 1.807) is 11.8 Å². The highest BCUT2D eigenvalue weighted by Crippen LogP contribution is 2.28. The number of nitrogens with zero attached hydrogens (tertiary/aromatic N) is 1. The van der Waals surface area contributed by atoms with Crippen LogP contribution in [-0.4, -0.2) is 21.8 Å². The predicted octanol–water partition coefficient (Wildman–Crippen LogP) is 3.36. The molecule has 1 heterocycles. The van der Waals surface area contributed by atoms with Gasteiger partial charge >= 0.3 is 5.97 Å². The van der Waals surface area contributed by atoms with Gasteiger partial charge in [0.15, 0.2) is 0 Å². The number of aliphatic carboxylic acids is 1. The molecule has 16 heavy (non-hydrogen) atoms. The Kier molecular flexibility index (Phi) is 5.84. The maximum atomic E-state index is 10.6. The van der Waals surface area contributed by atoms with E-state index in [1.165, 1.54) is 30.6 Å². The number of aromatic nitrogens is 1. The number of carboxylic acids is 1. The number of aryl methyl sites for hydroxylation is 1. The minimum absolute atomic E-state index is 0.0962. The highest BCUT2D eigenvalue weighted by atomic mass is 32.2. The highest BCUT2D eigenvalue weighted by Gasteiger charge is 2.10. The summed E-state index contributed by atoms with van der Waals surface area (Å²) in [6.07, 6.45) is 3.77. The second-order valence-electron chi connectivity index (χ2n) is 3.61. The number of thioether (sulfide) groups is 1. The van der Waals surface area contributed by atoms with Crippen LogP contribution in [0.5, 0.6) is 0 Å². The molecule has 0 fully saturated rings. The Hall–Kier alpha value is -0.550. The number of hydrogen-bond donors (Lipinski definition) is 1. The lowest BCUT2D eigenvalue weighted by Crippen LogP contribution is -1.99. The van der Waals surface area contributed by atoms with Gasteiger partial charge in [-0.25, -0.2) is 4.98 Å². The van der Waals surface area contributed by atoms with Crippen LogP contribution in [0.4, 0.5) is 0 Å². The molecule has 0 saturated carbocycles. The predicted molar refractivity (Wildman–Crippen MR) is 68.4 cm³/mol. The molecule has 0 aliphatic rings. The van der Waals surface area contributed by atoms with Gasteiger partial charge in [-0.3, -0.25) is 4.79 Å². The molecule has 3 nitrogen and oxygen atoms in total. The third kappa shape index (κ3) is 4.53. The van der Waals surface area contributed by atoms with E-state index >= 15 is 0 Å². The van der Waals surface area contributed by atoms with Crippen molar-refractivity contribution >= 4 is 29.1 Å². The monoisotopic (exact) mass is 259 g/mol. The summed E-state index contributed by atoms with van der Waals surface area (Å²) in [5.41, 5.74) is 0.866. The van der Waals surface area contributed by atoms with Gasteiger partial charge in [0.1, 0.15) is 4.34 Å².